The number of carboxylic acid groups (broad SMARTS) is 1. The van der Waals surface area contributed by atoms with Gasteiger partial charge in [0.15, 0.2) is 5.37 Å². The first kappa shape index (κ1) is 21.8. The van der Waals surface area contributed by atoms with Crippen LogP contribution >= 0.6 is 15.9 Å². The van der Waals surface area contributed by atoms with E-state index < -0.39 is 21.2 Å². The van der Waals surface area contributed by atoms with Gasteiger partial charge in [-0.2, -0.15) is 0 Å². The molecule has 0 bridgehead atoms. The molecule has 0 aliphatic carbocycles. The average Bonchev–Trinajstić information content (AvgIpc) is 2.73. The zero-order chi connectivity index (χ0) is 21.9. The third kappa shape index (κ3) is 4.31. The summed E-state index contributed by atoms with van der Waals surface area (Å²) in [6, 6.07) is 12.6. The van der Waals surface area contributed by atoms with Gasteiger partial charge in [0, 0.05) is 16.9 Å². The van der Waals surface area contributed by atoms with Crippen LogP contribution in [0.25, 0.3) is 0 Å². The molecule has 30 heavy (non-hydrogen) atoms. The molecule has 0 fully saturated rings. The number of aryl methyl sites for hydroxylation is 1. The summed E-state index contributed by atoms with van der Waals surface area (Å²) < 4.78 is 32.9. The average molecular weight is 491 g/mol. The molecule has 0 saturated heterocycles. The van der Waals surface area contributed by atoms with Gasteiger partial charge in [-0.3, -0.25) is 4.98 Å². The number of carbonyl (C=O) groups is 1. The second-order valence-corrected chi connectivity index (χ2v) is 9.36. The lowest BCUT2D eigenvalue weighted by Gasteiger charge is -2.24. The Balaban J connectivity index is 2.24. The van der Waals surface area contributed by atoms with Crippen molar-refractivity contribution < 1.29 is 23.1 Å². The first-order chi connectivity index (χ1) is 14.3. The Hall–Kier alpha value is -2.91. The first-order valence-corrected chi connectivity index (χ1v) is 11.2. The number of carboxylic acids is 1. The summed E-state index contributed by atoms with van der Waals surface area (Å²) >= 11 is 3.36. The number of sulfone groups is 1. The highest BCUT2D eigenvalue weighted by molar-refractivity contribution is 9.10. The molecule has 7 nitrogen and oxygen atoms in total. The molecule has 1 atom stereocenters. The molecule has 1 aromatic heterocycles. The molecule has 156 valence electrons. The van der Waals surface area contributed by atoms with Gasteiger partial charge in [-0.15, -0.1) is 0 Å². The number of pyridine rings is 1. The number of halogens is 1. The molecule has 9 heteroatoms. The minimum atomic E-state index is -4.00. The van der Waals surface area contributed by atoms with Gasteiger partial charge in [-0.25, -0.2) is 13.2 Å². The lowest BCUT2D eigenvalue weighted by molar-refractivity contribution is 0.0697. The molecule has 0 aliphatic rings. The molecular weight excluding hydrogens is 472 g/mol. The fraction of sp³-hybridized carbons (Fsp3) is 0.143. The Kier molecular flexibility index (Phi) is 6.42. The number of ether oxygens (including phenoxy) is 1. The molecule has 1 heterocycles. The Morgan fingerprint density at radius 3 is 2.53 bits per heavy atom. The molecular formula is C21H19BrN2O5S. The highest BCUT2D eigenvalue weighted by Gasteiger charge is 2.33. The van der Waals surface area contributed by atoms with Gasteiger partial charge >= 0.3 is 5.97 Å². The standard InChI is InChI=1S/C21H19BrN2O5S/c1-13-10-15(21(25)26)19(17(22)11-13)24-20(16-12-23-9-8-18(16)29-2)30(27,28)14-6-4-3-5-7-14/h3-12,20,24H,1-2H3,(H,25,26). The van der Waals surface area contributed by atoms with Crippen molar-refractivity contribution in [1.82, 2.24) is 4.98 Å². The van der Waals surface area contributed by atoms with Crippen LogP contribution in [0.2, 0.25) is 0 Å². The van der Waals surface area contributed by atoms with Crippen LogP contribution < -0.4 is 10.1 Å². The van der Waals surface area contributed by atoms with E-state index in [0.29, 0.717) is 15.8 Å². The number of nitrogens with zero attached hydrogens (tertiary/aromatic N) is 1. The molecule has 2 aromatic carbocycles. The fourth-order valence-electron chi connectivity index (χ4n) is 3.03. The van der Waals surface area contributed by atoms with Crippen LogP contribution in [0.15, 0.2) is 70.3 Å². The van der Waals surface area contributed by atoms with Crippen molar-refractivity contribution in [2.45, 2.75) is 17.2 Å². The molecule has 1 unspecified atom stereocenters. The second-order valence-electron chi connectivity index (χ2n) is 6.47. The molecule has 2 N–H and O–H groups in total. The zero-order valence-electron chi connectivity index (χ0n) is 16.2. The number of anilines is 1. The highest BCUT2D eigenvalue weighted by Crippen LogP contribution is 2.38. The van der Waals surface area contributed by atoms with Crippen LogP contribution in [-0.2, 0) is 9.84 Å². The molecule has 0 amide bonds. The minimum absolute atomic E-state index is 0.0574. The van der Waals surface area contributed by atoms with Crippen molar-refractivity contribution >= 4 is 37.4 Å². The predicted octanol–water partition coefficient (Wildman–Crippen LogP) is 4.44. The van der Waals surface area contributed by atoms with Crippen LogP contribution in [0.1, 0.15) is 26.9 Å². The largest absolute Gasteiger partial charge is 0.496 e. The Morgan fingerprint density at radius 2 is 1.90 bits per heavy atom. The molecule has 0 radical (unpaired) electrons. The van der Waals surface area contributed by atoms with Gasteiger partial charge in [0.25, 0.3) is 0 Å². The van der Waals surface area contributed by atoms with Crippen LogP contribution in [0.5, 0.6) is 5.75 Å². The van der Waals surface area contributed by atoms with E-state index in [1.807, 2.05) is 0 Å². The van der Waals surface area contributed by atoms with Crippen LogP contribution in [-0.4, -0.2) is 31.6 Å². The maximum Gasteiger partial charge on any atom is 0.337 e. The van der Waals surface area contributed by atoms with Crippen LogP contribution in [0.3, 0.4) is 0 Å². The Labute approximate surface area is 182 Å². The number of hydrogen-bond donors (Lipinski definition) is 2. The van der Waals surface area contributed by atoms with Gasteiger partial charge < -0.3 is 15.2 Å². The van der Waals surface area contributed by atoms with Crippen molar-refractivity contribution in [2.24, 2.45) is 0 Å². The number of methoxy groups -OCH3 is 1. The molecule has 0 saturated carbocycles. The third-order valence-corrected chi connectivity index (χ3v) is 6.98. The monoisotopic (exact) mass is 490 g/mol. The van der Waals surface area contributed by atoms with Crippen LogP contribution in [0, 0.1) is 6.92 Å². The van der Waals surface area contributed by atoms with Gasteiger partial charge in [-0.1, -0.05) is 18.2 Å². The Bertz CT molecular complexity index is 1180. The van der Waals surface area contributed by atoms with Crippen molar-refractivity contribution in [3.05, 3.63) is 82.1 Å². The smallest absolute Gasteiger partial charge is 0.337 e. The molecule has 0 spiro atoms. The minimum Gasteiger partial charge on any atom is -0.496 e. The lowest BCUT2D eigenvalue weighted by atomic mass is 10.1. The highest BCUT2D eigenvalue weighted by atomic mass is 79.9. The summed E-state index contributed by atoms with van der Waals surface area (Å²) in [5.74, 6) is -0.877. The summed E-state index contributed by atoms with van der Waals surface area (Å²) in [7, 11) is -2.57. The summed E-state index contributed by atoms with van der Waals surface area (Å²) in [4.78, 5) is 16.0. The van der Waals surface area contributed by atoms with E-state index in [1.54, 1.807) is 37.3 Å². The van der Waals surface area contributed by atoms with Crippen molar-refractivity contribution in [1.29, 1.82) is 0 Å². The quantitative estimate of drug-likeness (QED) is 0.503. The van der Waals surface area contributed by atoms with Crippen molar-refractivity contribution in [2.75, 3.05) is 12.4 Å². The maximum atomic E-state index is 13.6. The lowest BCUT2D eigenvalue weighted by Crippen LogP contribution is -2.24. The second kappa shape index (κ2) is 8.85. The van der Waals surface area contributed by atoms with E-state index in [0.717, 1.165) is 0 Å². The topological polar surface area (TPSA) is 106 Å². The van der Waals surface area contributed by atoms with Crippen LogP contribution in [0.4, 0.5) is 5.69 Å². The number of hydrogen-bond acceptors (Lipinski definition) is 6. The molecule has 3 rings (SSSR count). The fourth-order valence-corrected chi connectivity index (χ4v) is 5.32. The van der Waals surface area contributed by atoms with E-state index in [-0.39, 0.29) is 21.7 Å². The predicted molar refractivity (Wildman–Crippen MR) is 117 cm³/mol. The van der Waals surface area contributed by atoms with E-state index in [1.165, 1.54) is 37.7 Å². The molecule has 0 aliphatic heterocycles. The number of nitrogens with one attached hydrogen (secondary N) is 1. The van der Waals surface area contributed by atoms with E-state index in [4.69, 9.17) is 4.74 Å². The third-order valence-electron chi connectivity index (χ3n) is 4.43. The number of benzene rings is 2. The summed E-state index contributed by atoms with van der Waals surface area (Å²) in [5, 5.41) is 11.2. The van der Waals surface area contributed by atoms with Gasteiger partial charge in [-0.05, 0) is 58.7 Å². The van der Waals surface area contributed by atoms with Gasteiger partial charge in [0.2, 0.25) is 9.84 Å². The van der Waals surface area contributed by atoms with Gasteiger partial charge in [0.1, 0.15) is 5.75 Å². The van der Waals surface area contributed by atoms with E-state index in [2.05, 4.69) is 26.2 Å². The summed E-state index contributed by atoms with van der Waals surface area (Å²) in [6.07, 6.45) is 2.87. The normalized spacial score (nSPS) is 12.2. The maximum absolute atomic E-state index is 13.6. The Morgan fingerprint density at radius 1 is 1.20 bits per heavy atom. The number of aromatic nitrogens is 1. The van der Waals surface area contributed by atoms with E-state index >= 15 is 0 Å². The SMILES string of the molecule is COc1ccncc1C(Nc1c(Br)cc(C)cc1C(=O)O)S(=O)(=O)c1ccccc1. The first-order valence-electron chi connectivity index (χ1n) is 8.82. The van der Waals surface area contributed by atoms with Gasteiger partial charge in [0.05, 0.1) is 28.8 Å². The summed E-state index contributed by atoms with van der Waals surface area (Å²) in [6.45, 7) is 1.75. The summed E-state index contributed by atoms with van der Waals surface area (Å²) in [5.41, 5.74) is 1.06. The molecule has 3 aromatic rings. The number of rotatable bonds is 7. The number of aromatic carboxylic acids is 1. The van der Waals surface area contributed by atoms with Crippen molar-refractivity contribution in [3.8, 4) is 5.75 Å². The van der Waals surface area contributed by atoms with E-state index in [9.17, 15) is 18.3 Å². The zero-order valence-corrected chi connectivity index (χ0v) is 18.6. The van der Waals surface area contributed by atoms with Crippen molar-refractivity contribution in [3.63, 3.8) is 0 Å².